The van der Waals surface area contributed by atoms with E-state index in [0.29, 0.717) is 12.6 Å². The molecule has 1 atom stereocenters. The molecule has 92 valence electrons. The molecule has 0 aromatic heterocycles. The molecule has 0 aliphatic carbocycles. The lowest BCUT2D eigenvalue weighted by atomic mass is 10.1. The third-order valence-electron chi connectivity index (χ3n) is 2.62. The number of guanidine groups is 1. The van der Waals surface area contributed by atoms with E-state index in [9.17, 15) is 0 Å². The minimum absolute atomic E-state index is 0.186. The van der Waals surface area contributed by atoms with Crippen molar-refractivity contribution in [2.75, 3.05) is 18.5 Å². The topological polar surface area (TPSA) is 71.7 Å². The average molecular weight is 234 g/mol. The van der Waals surface area contributed by atoms with Crippen molar-refractivity contribution >= 4 is 11.6 Å². The fourth-order valence-corrected chi connectivity index (χ4v) is 1.77. The molecule has 1 aromatic carbocycles. The highest BCUT2D eigenvalue weighted by Gasteiger charge is 2.13. The first-order valence-corrected chi connectivity index (χ1v) is 5.83. The largest absolute Gasteiger partial charge is 0.379 e. The number of ether oxygens (including phenoxy) is 1. The summed E-state index contributed by atoms with van der Waals surface area (Å²) in [5.41, 5.74) is 3.54. The molecule has 1 aliphatic rings. The van der Waals surface area contributed by atoms with E-state index in [1.54, 1.807) is 0 Å². The minimum Gasteiger partial charge on any atom is -0.379 e. The van der Waals surface area contributed by atoms with E-state index in [1.807, 2.05) is 30.3 Å². The van der Waals surface area contributed by atoms with Gasteiger partial charge in [0.15, 0.2) is 0 Å². The Morgan fingerprint density at radius 2 is 2.18 bits per heavy atom. The van der Waals surface area contributed by atoms with Crippen LogP contribution in [0.15, 0.2) is 35.3 Å². The van der Waals surface area contributed by atoms with Gasteiger partial charge in [-0.2, -0.15) is 0 Å². The van der Waals surface area contributed by atoms with Gasteiger partial charge in [0.05, 0.1) is 12.6 Å². The number of hydrogen-bond acceptors (Lipinski definition) is 3. The summed E-state index contributed by atoms with van der Waals surface area (Å²) in [6.07, 6.45) is 2.10. The Labute approximate surface area is 101 Å². The molecule has 0 spiro atoms. The smallest absolute Gasteiger partial charge is 0.210 e. The van der Waals surface area contributed by atoms with Gasteiger partial charge >= 0.3 is 0 Å². The molecule has 0 radical (unpaired) electrons. The van der Waals surface area contributed by atoms with Gasteiger partial charge in [-0.3, -0.25) is 5.43 Å². The molecule has 0 amide bonds. The maximum Gasteiger partial charge on any atom is 0.210 e. The van der Waals surface area contributed by atoms with Crippen molar-refractivity contribution in [1.82, 2.24) is 5.43 Å². The molecule has 0 saturated carbocycles. The predicted molar refractivity (Wildman–Crippen MR) is 68.7 cm³/mol. The SMILES string of the molecule is NNC(=NC1CCCOC1)Nc1ccccc1. The van der Waals surface area contributed by atoms with E-state index < -0.39 is 0 Å². The zero-order valence-corrected chi connectivity index (χ0v) is 9.73. The zero-order valence-electron chi connectivity index (χ0n) is 9.73. The summed E-state index contributed by atoms with van der Waals surface area (Å²) in [6.45, 7) is 1.51. The van der Waals surface area contributed by atoms with E-state index >= 15 is 0 Å². The highest BCUT2D eigenvalue weighted by molar-refractivity contribution is 5.93. The third-order valence-corrected chi connectivity index (χ3v) is 2.62. The highest BCUT2D eigenvalue weighted by atomic mass is 16.5. The molecule has 4 N–H and O–H groups in total. The van der Waals surface area contributed by atoms with Gasteiger partial charge in [0.1, 0.15) is 0 Å². The van der Waals surface area contributed by atoms with E-state index in [4.69, 9.17) is 10.6 Å². The lowest BCUT2D eigenvalue weighted by molar-refractivity contribution is 0.0828. The Morgan fingerprint density at radius 3 is 2.82 bits per heavy atom. The highest BCUT2D eigenvalue weighted by Crippen LogP contribution is 2.10. The van der Waals surface area contributed by atoms with Crippen LogP contribution in [0.1, 0.15) is 12.8 Å². The summed E-state index contributed by atoms with van der Waals surface area (Å²) in [6, 6.07) is 9.99. The quantitative estimate of drug-likeness (QED) is 0.310. The molecule has 1 unspecified atom stereocenters. The Morgan fingerprint density at radius 1 is 1.35 bits per heavy atom. The molecule has 1 saturated heterocycles. The first-order chi connectivity index (χ1) is 8.38. The molecule has 1 fully saturated rings. The second kappa shape index (κ2) is 6.22. The number of benzene rings is 1. The maximum atomic E-state index is 5.45. The number of nitrogens with two attached hydrogens (primary N) is 1. The molecule has 0 bridgehead atoms. The van der Waals surface area contributed by atoms with Crippen LogP contribution in [-0.2, 0) is 4.74 Å². The monoisotopic (exact) mass is 234 g/mol. The summed E-state index contributed by atoms with van der Waals surface area (Å²) in [7, 11) is 0. The molecule has 5 nitrogen and oxygen atoms in total. The van der Waals surface area contributed by atoms with Crippen LogP contribution >= 0.6 is 0 Å². The van der Waals surface area contributed by atoms with Gasteiger partial charge in [-0.15, -0.1) is 0 Å². The Hall–Kier alpha value is -1.59. The van der Waals surface area contributed by atoms with Crippen LogP contribution in [0.3, 0.4) is 0 Å². The van der Waals surface area contributed by atoms with Crippen LogP contribution in [0.5, 0.6) is 0 Å². The van der Waals surface area contributed by atoms with Gasteiger partial charge < -0.3 is 10.1 Å². The first-order valence-electron chi connectivity index (χ1n) is 5.83. The second-order valence-electron chi connectivity index (χ2n) is 3.98. The standard InChI is InChI=1S/C12H18N4O/c13-16-12(14-10-5-2-1-3-6-10)15-11-7-4-8-17-9-11/h1-3,5-6,11H,4,7-9,13H2,(H2,14,15,16). The van der Waals surface area contributed by atoms with Crippen LogP contribution in [0.2, 0.25) is 0 Å². The van der Waals surface area contributed by atoms with Gasteiger partial charge in [0, 0.05) is 12.3 Å². The molecular weight excluding hydrogens is 216 g/mol. The van der Waals surface area contributed by atoms with Crippen LogP contribution < -0.4 is 16.6 Å². The molecule has 2 rings (SSSR count). The summed E-state index contributed by atoms with van der Waals surface area (Å²) in [5.74, 6) is 6.03. The number of nitrogens with one attached hydrogen (secondary N) is 2. The Kier molecular flexibility index (Phi) is 4.35. The molecule has 5 heteroatoms. The summed E-state index contributed by atoms with van der Waals surface area (Å²) >= 11 is 0. The number of rotatable bonds is 2. The molecule has 17 heavy (non-hydrogen) atoms. The van der Waals surface area contributed by atoms with Crippen LogP contribution in [0.4, 0.5) is 5.69 Å². The second-order valence-corrected chi connectivity index (χ2v) is 3.98. The first kappa shape index (κ1) is 11.9. The number of para-hydroxylation sites is 1. The minimum atomic E-state index is 0.186. The fraction of sp³-hybridized carbons (Fsp3) is 0.417. The summed E-state index contributed by atoms with van der Waals surface area (Å²) < 4.78 is 5.37. The lowest BCUT2D eigenvalue weighted by Crippen LogP contribution is -2.38. The third kappa shape index (κ3) is 3.72. The van der Waals surface area contributed by atoms with E-state index in [0.717, 1.165) is 25.1 Å². The van der Waals surface area contributed by atoms with Gasteiger partial charge in [-0.25, -0.2) is 10.8 Å². The van der Waals surface area contributed by atoms with Gasteiger partial charge in [0.2, 0.25) is 5.96 Å². The van der Waals surface area contributed by atoms with E-state index in [2.05, 4.69) is 15.7 Å². The van der Waals surface area contributed by atoms with E-state index in [1.165, 1.54) is 0 Å². The molecule has 1 aliphatic heterocycles. The lowest BCUT2D eigenvalue weighted by Gasteiger charge is -2.20. The van der Waals surface area contributed by atoms with Gasteiger partial charge in [-0.1, -0.05) is 18.2 Å². The maximum absolute atomic E-state index is 5.45. The van der Waals surface area contributed by atoms with Gasteiger partial charge in [0.25, 0.3) is 0 Å². The Balaban J connectivity index is 1.98. The van der Waals surface area contributed by atoms with Gasteiger partial charge in [-0.05, 0) is 25.0 Å². The normalized spacial score (nSPS) is 21.0. The molecule has 1 heterocycles. The van der Waals surface area contributed by atoms with Crippen molar-refractivity contribution in [3.63, 3.8) is 0 Å². The van der Waals surface area contributed by atoms with Crippen molar-refractivity contribution in [2.24, 2.45) is 10.8 Å². The van der Waals surface area contributed by atoms with Crippen LogP contribution in [0, 0.1) is 0 Å². The van der Waals surface area contributed by atoms with E-state index in [-0.39, 0.29) is 6.04 Å². The van der Waals surface area contributed by atoms with Crippen LogP contribution in [-0.4, -0.2) is 25.2 Å². The molecule has 1 aromatic rings. The van der Waals surface area contributed by atoms with Crippen molar-refractivity contribution in [1.29, 1.82) is 0 Å². The number of hydrazine groups is 1. The molecular formula is C12H18N4O. The fourth-order valence-electron chi connectivity index (χ4n) is 1.77. The van der Waals surface area contributed by atoms with Crippen molar-refractivity contribution in [3.8, 4) is 0 Å². The van der Waals surface area contributed by atoms with Crippen LogP contribution in [0.25, 0.3) is 0 Å². The predicted octanol–water partition coefficient (Wildman–Crippen LogP) is 1.10. The number of nitrogens with zero attached hydrogens (tertiary/aromatic N) is 1. The number of anilines is 1. The average Bonchev–Trinajstić information content (AvgIpc) is 2.40. The number of aliphatic imine (C=N–C) groups is 1. The zero-order chi connectivity index (χ0) is 11.9. The summed E-state index contributed by atoms with van der Waals surface area (Å²) in [5, 5.41) is 3.13. The Bertz CT molecular complexity index is 360. The number of hydrogen-bond donors (Lipinski definition) is 3. The van der Waals surface area contributed by atoms with Crippen molar-refractivity contribution in [2.45, 2.75) is 18.9 Å². The summed E-state index contributed by atoms with van der Waals surface area (Å²) in [4.78, 5) is 4.49. The van der Waals surface area contributed by atoms with Crippen molar-refractivity contribution in [3.05, 3.63) is 30.3 Å². The van der Waals surface area contributed by atoms with Crippen molar-refractivity contribution < 1.29 is 4.74 Å².